The van der Waals surface area contributed by atoms with Gasteiger partial charge in [0.1, 0.15) is 5.82 Å². The average Bonchev–Trinajstić information content (AvgIpc) is 2.46. The topological polar surface area (TPSA) is 87.7 Å². The van der Waals surface area contributed by atoms with Crippen molar-refractivity contribution in [3.63, 3.8) is 0 Å². The van der Waals surface area contributed by atoms with E-state index in [4.69, 9.17) is 11.1 Å². The summed E-state index contributed by atoms with van der Waals surface area (Å²) in [6, 6.07) is 7.30. The van der Waals surface area contributed by atoms with Crippen molar-refractivity contribution in [2.75, 3.05) is 5.73 Å². The molecule has 4 N–H and O–H groups in total. The third-order valence-electron chi connectivity index (χ3n) is 2.88. The Morgan fingerprint density at radius 3 is 2.70 bits per heavy atom. The summed E-state index contributed by atoms with van der Waals surface area (Å²) in [6.07, 6.45) is 3.40. The molecule has 0 aliphatic heterocycles. The first-order chi connectivity index (χ1) is 9.58. The normalized spacial score (nSPS) is 10.1. The molecule has 1 aromatic carbocycles. The number of benzene rings is 1. The summed E-state index contributed by atoms with van der Waals surface area (Å²) in [5.41, 5.74) is 9.25. The van der Waals surface area contributed by atoms with E-state index in [2.05, 4.69) is 21.9 Å². The van der Waals surface area contributed by atoms with Gasteiger partial charge in [0.05, 0.1) is 6.54 Å². The van der Waals surface area contributed by atoms with E-state index in [9.17, 15) is 0 Å². The van der Waals surface area contributed by atoms with Crippen LogP contribution in [0.2, 0.25) is 0 Å². The second-order valence-corrected chi connectivity index (χ2v) is 4.42. The Balaban J connectivity index is 2.10. The molecule has 0 atom stereocenters. The molecule has 0 bridgehead atoms. The van der Waals surface area contributed by atoms with Gasteiger partial charge in [-0.1, -0.05) is 12.6 Å². The highest BCUT2D eigenvalue weighted by molar-refractivity contribution is 6.01. The average molecular weight is 267 g/mol. The first-order valence-corrected chi connectivity index (χ1v) is 6.22. The summed E-state index contributed by atoms with van der Waals surface area (Å²) in [7, 11) is 0. The quantitative estimate of drug-likeness (QED) is 0.572. The van der Waals surface area contributed by atoms with Crippen LogP contribution in [0.5, 0.6) is 0 Å². The molecule has 2 aromatic rings. The third-order valence-corrected chi connectivity index (χ3v) is 2.88. The van der Waals surface area contributed by atoms with Gasteiger partial charge in [-0.15, -0.1) is 0 Å². The number of nitrogens with two attached hydrogens (primary N) is 1. The zero-order valence-corrected chi connectivity index (χ0v) is 11.4. The minimum Gasteiger partial charge on any atom is -0.398 e. The zero-order valence-electron chi connectivity index (χ0n) is 11.4. The second kappa shape index (κ2) is 5.97. The van der Waals surface area contributed by atoms with Crippen molar-refractivity contribution in [2.45, 2.75) is 13.5 Å². The van der Waals surface area contributed by atoms with Crippen molar-refractivity contribution < 1.29 is 0 Å². The summed E-state index contributed by atoms with van der Waals surface area (Å²) >= 11 is 0. The molecule has 0 radical (unpaired) electrons. The lowest BCUT2D eigenvalue weighted by Gasteiger charge is -2.11. The molecule has 0 fully saturated rings. The number of rotatable bonds is 5. The molecule has 0 saturated heterocycles. The van der Waals surface area contributed by atoms with E-state index in [1.54, 1.807) is 31.5 Å². The maximum Gasteiger partial charge on any atom is 0.147 e. The number of nitrogens with one attached hydrogen (secondary N) is 2. The van der Waals surface area contributed by atoms with Crippen molar-refractivity contribution in [1.82, 2.24) is 15.3 Å². The summed E-state index contributed by atoms with van der Waals surface area (Å²) in [5, 5.41) is 10.9. The smallest absolute Gasteiger partial charge is 0.147 e. The van der Waals surface area contributed by atoms with Crippen LogP contribution >= 0.6 is 0 Å². The molecule has 20 heavy (non-hydrogen) atoms. The summed E-state index contributed by atoms with van der Waals surface area (Å²) < 4.78 is 0. The van der Waals surface area contributed by atoms with E-state index < -0.39 is 0 Å². The number of hydrogen-bond donors (Lipinski definition) is 3. The number of hydrogen-bond acceptors (Lipinski definition) is 5. The molecular weight excluding hydrogens is 250 g/mol. The maximum atomic E-state index is 7.70. The SMILES string of the molecule is C=C(NCc1ncccn1)c1ccc(N)c(C(C)=N)c1. The van der Waals surface area contributed by atoms with Gasteiger partial charge in [0.15, 0.2) is 0 Å². The molecule has 0 aliphatic rings. The number of aromatic nitrogens is 2. The lowest BCUT2D eigenvalue weighted by atomic mass is 10.0. The van der Waals surface area contributed by atoms with Crippen LogP contribution in [-0.2, 0) is 6.54 Å². The predicted octanol–water partition coefficient (Wildman–Crippen LogP) is 2.21. The van der Waals surface area contributed by atoms with Gasteiger partial charge >= 0.3 is 0 Å². The third kappa shape index (κ3) is 3.20. The molecule has 5 heteroatoms. The summed E-state index contributed by atoms with van der Waals surface area (Å²) in [5.74, 6) is 0.701. The fourth-order valence-electron chi connectivity index (χ4n) is 1.78. The number of nitrogens with zero attached hydrogens (tertiary/aromatic N) is 2. The van der Waals surface area contributed by atoms with Crippen LogP contribution in [0.25, 0.3) is 5.70 Å². The van der Waals surface area contributed by atoms with Crippen molar-refractivity contribution in [3.05, 3.63) is 60.2 Å². The van der Waals surface area contributed by atoms with Crippen LogP contribution in [0.3, 0.4) is 0 Å². The van der Waals surface area contributed by atoms with Crippen LogP contribution < -0.4 is 11.1 Å². The molecule has 0 aliphatic carbocycles. The molecule has 0 unspecified atom stereocenters. The monoisotopic (exact) mass is 267 g/mol. The molecular formula is C15H17N5. The summed E-state index contributed by atoms with van der Waals surface area (Å²) in [4.78, 5) is 8.27. The lowest BCUT2D eigenvalue weighted by molar-refractivity contribution is 0.809. The van der Waals surface area contributed by atoms with Crippen LogP contribution in [0.1, 0.15) is 23.9 Å². The van der Waals surface area contributed by atoms with Gasteiger partial charge in [-0.05, 0) is 30.7 Å². The molecule has 0 amide bonds. The standard InChI is InChI=1S/C15H17N5/c1-10(16)13-8-12(4-5-14(13)17)11(2)20-9-15-18-6-3-7-19-15/h3-8,16,20H,2,9,17H2,1H3. The molecule has 2 rings (SSSR count). The molecule has 102 valence electrons. The van der Waals surface area contributed by atoms with Crippen molar-refractivity contribution >= 4 is 17.1 Å². The van der Waals surface area contributed by atoms with Gasteiger partial charge in [-0.2, -0.15) is 0 Å². The van der Waals surface area contributed by atoms with Gasteiger partial charge in [-0.3, -0.25) is 0 Å². The highest BCUT2D eigenvalue weighted by atomic mass is 15.0. The van der Waals surface area contributed by atoms with E-state index in [0.29, 0.717) is 23.8 Å². The number of anilines is 1. The highest BCUT2D eigenvalue weighted by Crippen LogP contribution is 2.18. The number of nitrogen functional groups attached to an aromatic ring is 1. The van der Waals surface area contributed by atoms with Gasteiger partial charge in [0, 0.05) is 35.1 Å². The Hall–Kier alpha value is -2.69. The maximum absolute atomic E-state index is 7.70. The predicted molar refractivity (Wildman–Crippen MR) is 81.3 cm³/mol. The van der Waals surface area contributed by atoms with Crippen LogP contribution in [0.15, 0.2) is 43.2 Å². The minimum atomic E-state index is 0.434. The first-order valence-electron chi connectivity index (χ1n) is 6.22. The van der Waals surface area contributed by atoms with Crippen molar-refractivity contribution in [2.24, 2.45) is 0 Å². The van der Waals surface area contributed by atoms with Gasteiger partial charge in [0.2, 0.25) is 0 Å². The Morgan fingerprint density at radius 1 is 1.35 bits per heavy atom. The van der Waals surface area contributed by atoms with Gasteiger partial charge in [-0.25, -0.2) is 9.97 Å². The van der Waals surface area contributed by atoms with Crippen LogP contribution in [0.4, 0.5) is 5.69 Å². The van der Waals surface area contributed by atoms with E-state index in [1.165, 1.54) is 0 Å². The van der Waals surface area contributed by atoms with Crippen molar-refractivity contribution in [3.8, 4) is 0 Å². The van der Waals surface area contributed by atoms with Gasteiger partial charge in [0.25, 0.3) is 0 Å². The Morgan fingerprint density at radius 2 is 2.05 bits per heavy atom. The second-order valence-electron chi connectivity index (χ2n) is 4.42. The zero-order chi connectivity index (χ0) is 14.5. The van der Waals surface area contributed by atoms with E-state index in [1.807, 2.05) is 12.1 Å². The first kappa shape index (κ1) is 13.7. The molecule has 1 heterocycles. The van der Waals surface area contributed by atoms with Crippen LogP contribution in [0, 0.1) is 5.41 Å². The summed E-state index contributed by atoms with van der Waals surface area (Å²) in [6.45, 7) is 6.21. The minimum absolute atomic E-state index is 0.434. The van der Waals surface area contributed by atoms with E-state index in [-0.39, 0.29) is 0 Å². The Bertz CT molecular complexity index is 634. The largest absolute Gasteiger partial charge is 0.398 e. The van der Waals surface area contributed by atoms with Crippen LogP contribution in [-0.4, -0.2) is 15.7 Å². The lowest BCUT2D eigenvalue weighted by Crippen LogP contribution is -2.13. The Kier molecular flexibility index (Phi) is 4.10. The Labute approximate surface area is 118 Å². The molecule has 0 saturated carbocycles. The molecule has 0 spiro atoms. The van der Waals surface area contributed by atoms with Gasteiger partial charge < -0.3 is 16.5 Å². The molecule has 5 nitrogen and oxygen atoms in total. The fraction of sp³-hybridized carbons (Fsp3) is 0.133. The van der Waals surface area contributed by atoms with E-state index >= 15 is 0 Å². The fourth-order valence-corrected chi connectivity index (χ4v) is 1.78. The molecule has 1 aromatic heterocycles. The highest BCUT2D eigenvalue weighted by Gasteiger charge is 2.06. The van der Waals surface area contributed by atoms with E-state index in [0.717, 1.165) is 16.8 Å². The van der Waals surface area contributed by atoms with Crippen molar-refractivity contribution in [1.29, 1.82) is 5.41 Å².